The van der Waals surface area contributed by atoms with Gasteiger partial charge in [-0.1, -0.05) is 30.3 Å². The molecule has 2 amide bonds. The summed E-state index contributed by atoms with van der Waals surface area (Å²) in [5.74, 6) is 0.510. The van der Waals surface area contributed by atoms with Crippen LogP contribution in [0.4, 0.5) is 0 Å². The van der Waals surface area contributed by atoms with Gasteiger partial charge in [0.2, 0.25) is 0 Å². The zero-order valence-corrected chi connectivity index (χ0v) is 16.0. The lowest BCUT2D eigenvalue weighted by Crippen LogP contribution is -2.45. The normalized spacial score (nSPS) is 17.0. The number of likely N-dealkylation sites (tertiary alicyclic amines) is 1. The molecule has 1 saturated heterocycles. The first kappa shape index (κ1) is 19.1. The van der Waals surface area contributed by atoms with E-state index < -0.39 is 0 Å². The molecule has 2 aromatic rings. The Hall–Kier alpha value is -2.63. The molecule has 1 N–H and O–H groups in total. The van der Waals surface area contributed by atoms with E-state index in [1.165, 1.54) is 0 Å². The Morgan fingerprint density at radius 2 is 2.04 bits per heavy atom. The fourth-order valence-corrected chi connectivity index (χ4v) is 3.69. The molecule has 2 heterocycles. The number of nitrogens with zero attached hydrogens (tertiary/aromatic N) is 2. The van der Waals surface area contributed by atoms with Crippen molar-refractivity contribution in [1.29, 1.82) is 0 Å². The minimum Gasteiger partial charge on any atom is -0.361 e. The molecule has 1 aliphatic heterocycles. The quantitative estimate of drug-likeness (QED) is 0.847. The van der Waals surface area contributed by atoms with Gasteiger partial charge in [0.05, 0.1) is 5.69 Å². The van der Waals surface area contributed by atoms with Crippen LogP contribution in [0.3, 0.4) is 0 Å². The standard InChI is InChI=1S/C21H27N3O3/c1-3-18-19(15(2)27-23-18)21(26)24-14-8-7-11-17(24)12-13-22-20(25)16-9-5-4-6-10-16/h4-6,9-10,17H,3,7-8,11-14H2,1-2H3,(H,22,25)/t17-/m1/s1. The summed E-state index contributed by atoms with van der Waals surface area (Å²) in [5, 5.41) is 6.98. The van der Waals surface area contributed by atoms with Gasteiger partial charge in [-0.2, -0.15) is 0 Å². The smallest absolute Gasteiger partial charge is 0.259 e. The van der Waals surface area contributed by atoms with Gasteiger partial charge in [-0.15, -0.1) is 0 Å². The molecular weight excluding hydrogens is 342 g/mol. The molecule has 6 nitrogen and oxygen atoms in total. The van der Waals surface area contributed by atoms with Crippen molar-refractivity contribution in [3.63, 3.8) is 0 Å². The van der Waals surface area contributed by atoms with Crippen molar-refractivity contribution in [3.8, 4) is 0 Å². The second-order valence-corrected chi connectivity index (χ2v) is 6.97. The maximum Gasteiger partial charge on any atom is 0.259 e. The van der Waals surface area contributed by atoms with Crippen molar-refractivity contribution >= 4 is 11.8 Å². The molecule has 1 aromatic carbocycles. The zero-order valence-electron chi connectivity index (χ0n) is 16.0. The van der Waals surface area contributed by atoms with Crippen molar-refractivity contribution in [1.82, 2.24) is 15.4 Å². The first-order valence-electron chi connectivity index (χ1n) is 9.71. The molecule has 1 aromatic heterocycles. The highest BCUT2D eigenvalue weighted by Gasteiger charge is 2.31. The van der Waals surface area contributed by atoms with Gasteiger partial charge in [-0.05, 0) is 51.2 Å². The molecule has 0 saturated carbocycles. The fraction of sp³-hybridized carbons (Fsp3) is 0.476. The Morgan fingerprint density at radius 1 is 1.26 bits per heavy atom. The number of piperidine rings is 1. The molecule has 0 spiro atoms. The van der Waals surface area contributed by atoms with Crippen LogP contribution in [0, 0.1) is 6.92 Å². The predicted octanol–water partition coefficient (Wildman–Crippen LogP) is 3.36. The van der Waals surface area contributed by atoms with E-state index in [0.717, 1.165) is 37.9 Å². The number of benzene rings is 1. The van der Waals surface area contributed by atoms with Crippen LogP contribution in [0.5, 0.6) is 0 Å². The van der Waals surface area contributed by atoms with Crippen LogP contribution in [0.2, 0.25) is 0 Å². The third-order valence-corrected chi connectivity index (χ3v) is 5.17. The molecule has 0 radical (unpaired) electrons. The summed E-state index contributed by atoms with van der Waals surface area (Å²) >= 11 is 0. The number of nitrogens with one attached hydrogen (secondary N) is 1. The minimum absolute atomic E-state index is 0.00434. The van der Waals surface area contributed by atoms with Gasteiger partial charge < -0.3 is 14.7 Å². The van der Waals surface area contributed by atoms with Crippen LogP contribution in [0.15, 0.2) is 34.9 Å². The molecular formula is C21H27N3O3. The van der Waals surface area contributed by atoms with Crippen LogP contribution in [0.25, 0.3) is 0 Å². The van der Waals surface area contributed by atoms with Crippen LogP contribution >= 0.6 is 0 Å². The summed E-state index contributed by atoms with van der Waals surface area (Å²) in [6.07, 6.45) is 4.48. The highest BCUT2D eigenvalue weighted by molar-refractivity contribution is 5.96. The molecule has 1 atom stereocenters. The Labute approximate surface area is 159 Å². The summed E-state index contributed by atoms with van der Waals surface area (Å²) in [6, 6.07) is 9.31. The summed E-state index contributed by atoms with van der Waals surface area (Å²) in [6.45, 7) is 5.05. The highest BCUT2D eigenvalue weighted by atomic mass is 16.5. The molecule has 0 aliphatic carbocycles. The zero-order chi connectivity index (χ0) is 19.2. The summed E-state index contributed by atoms with van der Waals surface area (Å²) in [4.78, 5) is 27.3. The molecule has 0 unspecified atom stereocenters. The summed E-state index contributed by atoms with van der Waals surface area (Å²) in [7, 11) is 0. The number of hydrogen-bond donors (Lipinski definition) is 1. The predicted molar refractivity (Wildman–Crippen MR) is 103 cm³/mol. The lowest BCUT2D eigenvalue weighted by atomic mass is 9.97. The van der Waals surface area contributed by atoms with E-state index in [-0.39, 0.29) is 17.9 Å². The second kappa shape index (κ2) is 8.84. The molecule has 27 heavy (non-hydrogen) atoms. The second-order valence-electron chi connectivity index (χ2n) is 6.97. The monoisotopic (exact) mass is 369 g/mol. The lowest BCUT2D eigenvalue weighted by Gasteiger charge is -2.36. The molecule has 3 rings (SSSR count). The molecule has 6 heteroatoms. The average Bonchev–Trinajstić information content (AvgIpc) is 3.09. The first-order chi connectivity index (χ1) is 13.1. The van der Waals surface area contributed by atoms with Gasteiger partial charge in [0.25, 0.3) is 11.8 Å². The number of carbonyl (C=O) groups excluding carboxylic acids is 2. The van der Waals surface area contributed by atoms with Crippen molar-refractivity contribution in [3.05, 3.63) is 52.9 Å². The van der Waals surface area contributed by atoms with E-state index in [9.17, 15) is 9.59 Å². The van der Waals surface area contributed by atoms with E-state index in [4.69, 9.17) is 4.52 Å². The average molecular weight is 369 g/mol. The minimum atomic E-state index is -0.0764. The van der Waals surface area contributed by atoms with E-state index >= 15 is 0 Å². The van der Waals surface area contributed by atoms with E-state index in [0.29, 0.717) is 29.9 Å². The van der Waals surface area contributed by atoms with Gasteiger partial charge in [0, 0.05) is 24.7 Å². The topological polar surface area (TPSA) is 75.4 Å². The van der Waals surface area contributed by atoms with Crippen molar-refractivity contribution < 1.29 is 14.1 Å². The fourth-order valence-electron chi connectivity index (χ4n) is 3.69. The summed E-state index contributed by atoms with van der Waals surface area (Å²) in [5.41, 5.74) is 1.98. The maximum atomic E-state index is 13.1. The third-order valence-electron chi connectivity index (χ3n) is 5.17. The maximum absolute atomic E-state index is 13.1. The van der Waals surface area contributed by atoms with E-state index in [1.807, 2.05) is 30.0 Å². The Balaban J connectivity index is 1.62. The molecule has 1 aliphatic rings. The van der Waals surface area contributed by atoms with E-state index in [1.54, 1.807) is 19.1 Å². The summed E-state index contributed by atoms with van der Waals surface area (Å²) < 4.78 is 5.24. The SMILES string of the molecule is CCc1noc(C)c1C(=O)N1CCCC[C@@H]1CCNC(=O)c1ccccc1. The third kappa shape index (κ3) is 4.38. The van der Waals surface area contributed by atoms with Gasteiger partial charge in [-0.25, -0.2) is 0 Å². The Kier molecular flexibility index (Phi) is 6.27. The number of aromatic nitrogens is 1. The number of aryl methyl sites for hydroxylation is 2. The van der Waals surface area contributed by atoms with Gasteiger partial charge in [-0.3, -0.25) is 9.59 Å². The van der Waals surface area contributed by atoms with Crippen molar-refractivity contribution in [2.75, 3.05) is 13.1 Å². The highest BCUT2D eigenvalue weighted by Crippen LogP contribution is 2.24. The molecule has 144 valence electrons. The number of rotatable bonds is 6. The molecule has 1 fully saturated rings. The van der Waals surface area contributed by atoms with Gasteiger partial charge in [0.15, 0.2) is 0 Å². The van der Waals surface area contributed by atoms with Crippen molar-refractivity contribution in [2.24, 2.45) is 0 Å². The number of hydrogen-bond acceptors (Lipinski definition) is 4. The lowest BCUT2D eigenvalue weighted by molar-refractivity contribution is 0.0599. The van der Waals surface area contributed by atoms with Crippen LogP contribution in [0.1, 0.15) is 64.8 Å². The van der Waals surface area contributed by atoms with Gasteiger partial charge in [0.1, 0.15) is 11.3 Å². The van der Waals surface area contributed by atoms with Gasteiger partial charge >= 0.3 is 0 Å². The first-order valence-corrected chi connectivity index (χ1v) is 9.71. The number of carbonyl (C=O) groups is 2. The van der Waals surface area contributed by atoms with Crippen LogP contribution in [-0.4, -0.2) is 41.0 Å². The largest absolute Gasteiger partial charge is 0.361 e. The van der Waals surface area contributed by atoms with Crippen LogP contribution in [-0.2, 0) is 6.42 Å². The Morgan fingerprint density at radius 3 is 2.78 bits per heavy atom. The number of amides is 2. The van der Waals surface area contributed by atoms with Crippen molar-refractivity contribution in [2.45, 2.75) is 52.0 Å². The van der Waals surface area contributed by atoms with E-state index in [2.05, 4.69) is 10.5 Å². The van der Waals surface area contributed by atoms with Crippen LogP contribution < -0.4 is 5.32 Å². The Bertz CT molecular complexity index is 785. The molecule has 0 bridgehead atoms.